The van der Waals surface area contributed by atoms with Gasteiger partial charge in [-0.15, -0.1) is 5.92 Å². The summed E-state index contributed by atoms with van der Waals surface area (Å²) in [5.74, 6) is 4.78. The number of carboxylic acid groups (broad SMARTS) is 1. The van der Waals surface area contributed by atoms with E-state index in [4.69, 9.17) is 0 Å². The number of carboxylic acids is 1. The zero-order valence-corrected chi connectivity index (χ0v) is 15.5. The summed E-state index contributed by atoms with van der Waals surface area (Å²) in [7, 11) is 1.32. The summed E-state index contributed by atoms with van der Waals surface area (Å²) in [6.45, 7) is 6.07. The normalized spacial score (nSPS) is 15.4. The highest BCUT2D eigenvalue weighted by Gasteiger charge is 2.26. The first kappa shape index (κ1) is 18.7. The number of carbonyl (C=O) groups is 1. The van der Waals surface area contributed by atoms with Gasteiger partial charge in [0.15, 0.2) is 11.2 Å². The maximum atomic E-state index is 12.8. The lowest BCUT2D eigenvalue weighted by Crippen LogP contribution is -2.44. The summed E-state index contributed by atoms with van der Waals surface area (Å²) in [6.07, 6.45) is 0. The van der Waals surface area contributed by atoms with Gasteiger partial charge in [0, 0.05) is 33.2 Å². The quantitative estimate of drug-likeness (QED) is 0.596. The molecule has 10 nitrogen and oxygen atoms in total. The number of fused-ring (bicyclic) bond motifs is 1. The van der Waals surface area contributed by atoms with Gasteiger partial charge in [-0.25, -0.2) is 4.79 Å². The van der Waals surface area contributed by atoms with Crippen molar-refractivity contribution in [2.45, 2.75) is 26.4 Å². The van der Waals surface area contributed by atoms with Crippen molar-refractivity contribution in [2.75, 3.05) is 31.1 Å². The second kappa shape index (κ2) is 7.28. The lowest BCUT2D eigenvalue weighted by Gasteiger charge is -2.28. The molecule has 1 fully saturated rings. The van der Waals surface area contributed by atoms with Crippen molar-refractivity contribution in [2.24, 2.45) is 7.05 Å². The fourth-order valence-electron chi connectivity index (χ4n) is 3.17. The number of hydrogen-bond donors (Lipinski definition) is 1. The molecule has 0 aliphatic carbocycles. The van der Waals surface area contributed by atoms with E-state index in [1.807, 2.05) is 4.90 Å². The first-order valence-electron chi connectivity index (χ1n) is 8.66. The number of carbonyl (C=O) groups excluding carboxylic acids is 1. The number of nitrogens with zero attached hydrogens (tertiary/aromatic N) is 5. The standard InChI is InChI=1S/C17H22N6O4/c1-4-5-8-22-12-13(19-16(22)21-9-6-18-7-10-21)23(11(2)15(25)26)17(27)20(3)14(12)24/h11,18H,6-10H2,1-3H3,(H,25,26)/p-1. The Balaban J connectivity index is 2.39. The molecule has 3 rings (SSSR count). The van der Waals surface area contributed by atoms with Gasteiger partial charge in [0.25, 0.3) is 5.56 Å². The molecule has 0 radical (unpaired) electrons. The lowest BCUT2D eigenvalue weighted by atomic mass is 10.3. The molecule has 1 aliphatic rings. The Morgan fingerprint density at radius 3 is 2.59 bits per heavy atom. The second-order valence-electron chi connectivity index (χ2n) is 6.35. The van der Waals surface area contributed by atoms with Crippen LogP contribution < -0.4 is 26.6 Å². The Labute approximate surface area is 155 Å². The molecule has 1 unspecified atom stereocenters. The van der Waals surface area contributed by atoms with Crippen molar-refractivity contribution < 1.29 is 9.90 Å². The van der Waals surface area contributed by atoms with Crippen molar-refractivity contribution in [1.29, 1.82) is 0 Å². The molecule has 1 N–H and O–H groups in total. The van der Waals surface area contributed by atoms with E-state index in [-0.39, 0.29) is 17.7 Å². The monoisotopic (exact) mass is 373 g/mol. The van der Waals surface area contributed by atoms with Gasteiger partial charge in [0.2, 0.25) is 5.95 Å². The molecular weight excluding hydrogens is 352 g/mol. The summed E-state index contributed by atoms with van der Waals surface area (Å²) in [4.78, 5) is 43.3. The summed E-state index contributed by atoms with van der Waals surface area (Å²) in [5, 5.41) is 14.7. The molecule has 0 aromatic carbocycles. The minimum atomic E-state index is -1.43. The molecule has 1 atom stereocenters. The summed E-state index contributed by atoms with van der Waals surface area (Å²) < 4.78 is 3.53. The van der Waals surface area contributed by atoms with E-state index in [0.29, 0.717) is 19.0 Å². The highest BCUT2D eigenvalue weighted by molar-refractivity contribution is 5.78. The fourth-order valence-corrected chi connectivity index (χ4v) is 3.17. The molecular formula is C17H21N6O4-. The van der Waals surface area contributed by atoms with Crippen LogP contribution in [0.5, 0.6) is 0 Å². The van der Waals surface area contributed by atoms with Crippen LogP contribution in [0.3, 0.4) is 0 Å². The van der Waals surface area contributed by atoms with Gasteiger partial charge < -0.3 is 20.1 Å². The molecule has 0 bridgehead atoms. The van der Waals surface area contributed by atoms with Gasteiger partial charge in [-0.3, -0.25) is 18.5 Å². The number of nitrogens with one attached hydrogen (secondary N) is 1. The maximum absolute atomic E-state index is 12.8. The van der Waals surface area contributed by atoms with Gasteiger partial charge in [0.05, 0.1) is 18.6 Å². The molecule has 0 spiro atoms. The number of anilines is 1. The average molecular weight is 373 g/mol. The minimum absolute atomic E-state index is 0.0336. The number of hydrogen-bond acceptors (Lipinski definition) is 7. The molecule has 2 aromatic rings. The highest BCUT2D eigenvalue weighted by atomic mass is 16.4. The maximum Gasteiger partial charge on any atom is 0.333 e. The minimum Gasteiger partial charge on any atom is -0.548 e. The van der Waals surface area contributed by atoms with Crippen molar-refractivity contribution >= 4 is 23.1 Å². The van der Waals surface area contributed by atoms with E-state index in [0.717, 1.165) is 22.2 Å². The van der Waals surface area contributed by atoms with E-state index < -0.39 is 23.3 Å². The molecule has 1 saturated heterocycles. The van der Waals surface area contributed by atoms with Crippen LogP contribution in [-0.4, -0.2) is 50.8 Å². The van der Waals surface area contributed by atoms with Crippen LogP contribution in [0.1, 0.15) is 19.9 Å². The van der Waals surface area contributed by atoms with Crippen LogP contribution in [0.4, 0.5) is 5.95 Å². The van der Waals surface area contributed by atoms with Crippen molar-refractivity contribution in [1.82, 2.24) is 24.0 Å². The van der Waals surface area contributed by atoms with Crippen LogP contribution in [-0.2, 0) is 18.4 Å². The number of piperazine rings is 1. The molecule has 1 aliphatic heterocycles. The Hall–Kier alpha value is -3.06. The van der Waals surface area contributed by atoms with E-state index in [1.54, 1.807) is 11.5 Å². The molecule has 144 valence electrons. The van der Waals surface area contributed by atoms with E-state index in [2.05, 4.69) is 22.1 Å². The average Bonchev–Trinajstić information content (AvgIpc) is 3.04. The largest absolute Gasteiger partial charge is 0.548 e. The number of aliphatic carboxylic acids is 1. The molecule has 0 amide bonds. The summed E-state index contributed by atoms with van der Waals surface area (Å²) in [6, 6.07) is -1.27. The molecule has 2 aromatic heterocycles. The smallest absolute Gasteiger partial charge is 0.333 e. The lowest BCUT2D eigenvalue weighted by molar-refractivity contribution is -0.309. The van der Waals surface area contributed by atoms with Gasteiger partial charge in [-0.2, -0.15) is 4.98 Å². The SMILES string of the molecule is CC#CCn1c(N2CCNCC2)nc2c1c(=O)n(C)c(=O)n2C(C)C(=O)[O-]. The third kappa shape index (κ3) is 3.10. The van der Waals surface area contributed by atoms with Crippen LogP contribution in [0.15, 0.2) is 9.59 Å². The Morgan fingerprint density at radius 1 is 1.33 bits per heavy atom. The van der Waals surface area contributed by atoms with Crippen LogP contribution >= 0.6 is 0 Å². The zero-order chi connectivity index (χ0) is 19.7. The van der Waals surface area contributed by atoms with Crippen molar-refractivity contribution in [3.05, 3.63) is 20.8 Å². The third-order valence-corrected chi connectivity index (χ3v) is 4.70. The van der Waals surface area contributed by atoms with Gasteiger partial charge >= 0.3 is 5.69 Å². The second-order valence-corrected chi connectivity index (χ2v) is 6.35. The van der Waals surface area contributed by atoms with Crippen LogP contribution in [0.2, 0.25) is 0 Å². The Morgan fingerprint density at radius 2 is 2.00 bits per heavy atom. The van der Waals surface area contributed by atoms with Crippen LogP contribution in [0.25, 0.3) is 11.2 Å². The Kier molecular flexibility index (Phi) is 5.05. The van der Waals surface area contributed by atoms with Crippen molar-refractivity contribution in [3.8, 4) is 11.8 Å². The van der Waals surface area contributed by atoms with Crippen LogP contribution in [0, 0.1) is 11.8 Å². The first-order valence-corrected chi connectivity index (χ1v) is 8.66. The first-order chi connectivity index (χ1) is 12.9. The van der Waals surface area contributed by atoms with E-state index in [1.165, 1.54) is 14.0 Å². The van der Waals surface area contributed by atoms with E-state index in [9.17, 15) is 19.5 Å². The predicted octanol–water partition coefficient (Wildman–Crippen LogP) is -2.36. The third-order valence-electron chi connectivity index (χ3n) is 4.70. The predicted molar refractivity (Wildman–Crippen MR) is 97.5 cm³/mol. The molecule has 27 heavy (non-hydrogen) atoms. The van der Waals surface area contributed by atoms with E-state index >= 15 is 0 Å². The number of rotatable bonds is 4. The van der Waals surface area contributed by atoms with Gasteiger partial charge in [0.1, 0.15) is 0 Å². The molecule has 0 saturated carbocycles. The highest BCUT2D eigenvalue weighted by Crippen LogP contribution is 2.21. The van der Waals surface area contributed by atoms with Gasteiger partial charge in [-0.1, -0.05) is 5.92 Å². The summed E-state index contributed by atoms with van der Waals surface area (Å²) >= 11 is 0. The topological polar surface area (TPSA) is 117 Å². The van der Waals surface area contributed by atoms with Crippen molar-refractivity contribution in [3.63, 3.8) is 0 Å². The zero-order valence-electron chi connectivity index (χ0n) is 15.5. The number of imidazole rings is 1. The van der Waals surface area contributed by atoms with Gasteiger partial charge in [-0.05, 0) is 13.8 Å². The fraction of sp³-hybridized carbons (Fsp3) is 0.529. The molecule has 10 heteroatoms. The Bertz CT molecular complexity index is 1060. The summed E-state index contributed by atoms with van der Waals surface area (Å²) in [5.41, 5.74) is -1.10. The number of aromatic nitrogens is 4. The molecule has 3 heterocycles.